The van der Waals surface area contributed by atoms with E-state index in [0.29, 0.717) is 0 Å². The van der Waals surface area contributed by atoms with Crippen LogP contribution in [0.4, 0.5) is 0 Å². The SMILES string of the molecule is CCCNC(c1ccc(C)o1)c1sccc1CC. The molecule has 0 saturated carbocycles. The molecule has 2 heterocycles. The Morgan fingerprint density at radius 2 is 2.11 bits per heavy atom. The van der Waals surface area contributed by atoms with Gasteiger partial charge in [-0.25, -0.2) is 0 Å². The summed E-state index contributed by atoms with van der Waals surface area (Å²) in [6, 6.07) is 6.54. The van der Waals surface area contributed by atoms with Crippen LogP contribution in [0.2, 0.25) is 0 Å². The average Bonchev–Trinajstić information content (AvgIpc) is 2.99. The predicted octanol–water partition coefficient (Wildman–Crippen LogP) is 4.30. The van der Waals surface area contributed by atoms with E-state index in [1.54, 1.807) is 0 Å². The summed E-state index contributed by atoms with van der Waals surface area (Å²) >= 11 is 1.81. The zero-order valence-corrected chi connectivity index (χ0v) is 12.1. The van der Waals surface area contributed by atoms with Crippen molar-refractivity contribution in [2.24, 2.45) is 0 Å². The molecule has 0 saturated heterocycles. The van der Waals surface area contributed by atoms with Crippen LogP contribution >= 0.6 is 11.3 Å². The smallest absolute Gasteiger partial charge is 0.126 e. The fourth-order valence-corrected chi connectivity index (χ4v) is 3.19. The molecular formula is C15H21NOS. The first kappa shape index (κ1) is 13.4. The summed E-state index contributed by atoms with van der Waals surface area (Å²) in [4.78, 5) is 1.39. The second-order valence-corrected chi connectivity index (χ2v) is 5.45. The molecule has 0 fully saturated rings. The van der Waals surface area contributed by atoms with Crippen molar-refractivity contribution in [2.45, 2.75) is 39.7 Å². The fraction of sp³-hybridized carbons (Fsp3) is 0.467. The van der Waals surface area contributed by atoms with E-state index in [1.807, 2.05) is 24.3 Å². The highest BCUT2D eigenvalue weighted by Crippen LogP contribution is 2.31. The van der Waals surface area contributed by atoms with E-state index in [2.05, 4.69) is 36.7 Å². The molecule has 2 nitrogen and oxygen atoms in total. The van der Waals surface area contributed by atoms with E-state index < -0.39 is 0 Å². The van der Waals surface area contributed by atoms with Crippen molar-refractivity contribution in [3.63, 3.8) is 0 Å². The third-order valence-electron chi connectivity index (χ3n) is 3.07. The van der Waals surface area contributed by atoms with Gasteiger partial charge < -0.3 is 9.73 Å². The van der Waals surface area contributed by atoms with Crippen molar-refractivity contribution >= 4 is 11.3 Å². The Hall–Kier alpha value is -1.06. The van der Waals surface area contributed by atoms with Crippen LogP contribution in [-0.4, -0.2) is 6.54 Å². The van der Waals surface area contributed by atoms with Crippen LogP contribution < -0.4 is 5.32 Å². The Labute approximate surface area is 113 Å². The third-order valence-corrected chi connectivity index (χ3v) is 4.09. The Bertz CT molecular complexity index is 486. The number of thiophene rings is 1. The Balaban J connectivity index is 2.30. The van der Waals surface area contributed by atoms with Crippen LogP contribution in [-0.2, 0) is 6.42 Å². The van der Waals surface area contributed by atoms with Crippen LogP contribution in [0.5, 0.6) is 0 Å². The standard InChI is InChI=1S/C15H21NOS/c1-4-9-16-14(13-7-6-11(3)17-13)15-12(5-2)8-10-18-15/h6-8,10,14,16H,4-5,9H2,1-3H3. The molecule has 2 rings (SSSR count). The van der Waals surface area contributed by atoms with Crippen molar-refractivity contribution in [3.05, 3.63) is 45.5 Å². The van der Waals surface area contributed by atoms with Crippen LogP contribution in [0.25, 0.3) is 0 Å². The van der Waals surface area contributed by atoms with E-state index in [4.69, 9.17) is 4.42 Å². The molecule has 0 radical (unpaired) electrons. The summed E-state index contributed by atoms with van der Waals surface area (Å²) in [6.45, 7) is 7.39. The largest absolute Gasteiger partial charge is 0.464 e. The highest BCUT2D eigenvalue weighted by Gasteiger charge is 2.20. The van der Waals surface area contributed by atoms with Gasteiger partial charge in [-0.3, -0.25) is 0 Å². The summed E-state index contributed by atoms with van der Waals surface area (Å²) in [7, 11) is 0. The minimum atomic E-state index is 0.202. The molecule has 0 aromatic carbocycles. The summed E-state index contributed by atoms with van der Waals surface area (Å²) < 4.78 is 5.81. The first-order valence-electron chi connectivity index (χ1n) is 6.62. The maximum absolute atomic E-state index is 5.81. The van der Waals surface area contributed by atoms with Gasteiger partial charge in [0, 0.05) is 4.88 Å². The first-order chi connectivity index (χ1) is 8.76. The highest BCUT2D eigenvalue weighted by atomic mass is 32.1. The summed E-state index contributed by atoms with van der Waals surface area (Å²) in [6.07, 6.45) is 2.20. The van der Waals surface area contributed by atoms with Gasteiger partial charge in [0.05, 0.1) is 0 Å². The highest BCUT2D eigenvalue weighted by molar-refractivity contribution is 7.10. The van der Waals surface area contributed by atoms with Gasteiger partial charge >= 0.3 is 0 Å². The molecule has 0 aliphatic heterocycles. The zero-order chi connectivity index (χ0) is 13.0. The lowest BCUT2D eigenvalue weighted by molar-refractivity contribution is 0.432. The number of hydrogen-bond acceptors (Lipinski definition) is 3. The van der Waals surface area contributed by atoms with Crippen molar-refractivity contribution in [1.29, 1.82) is 0 Å². The quantitative estimate of drug-likeness (QED) is 0.840. The lowest BCUT2D eigenvalue weighted by atomic mass is 10.1. The number of rotatable bonds is 6. The van der Waals surface area contributed by atoms with Crippen molar-refractivity contribution in [3.8, 4) is 0 Å². The first-order valence-corrected chi connectivity index (χ1v) is 7.50. The van der Waals surface area contributed by atoms with Crippen LogP contribution in [0.1, 0.15) is 48.3 Å². The van der Waals surface area contributed by atoms with E-state index in [1.165, 1.54) is 10.4 Å². The van der Waals surface area contributed by atoms with Gasteiger partial charge in [0.2, 0.25) is 0 Å². The zero-order valence-electron chi connectivity index (χ0n) is 11.3. The number of nitrogens with one attached hydrogen (secondary N) is 1. The van der Waals surface area contributed by atoms with Crippen molar-refractivity contribution in [2.75, 3.05) is 6.54 Å². The average molecular weight is 263 g/mol. The van der Waals surface area contributed by atoms with Crippen molar-refractivity contribution < 1.29 is 4.42 Å². The molecule has 0 amide bonds. The maximum Gasteiger partial charge on any atom is 0.126 e. The van der Waals surface area contributed by atoms with E-state index in [-0.39, 0.29) is 6.04 Å². The summed E-state index contributed by atoms with van der Waals surface area (Å²) in [5.41, 5.74) is 1.42. The molecule has 1 N–H and O–H groups in total. The molecule has 98 valence electrons. The van der Waals surface area contributed by atoms with Crippen LogP contribution in [0, 0.1) is 6.92 Å². The number of furan rings is 1. The predicted molar refractivity (Wildman–Crippen MR) is 77.3 cm³/mol. The van der Waals surface area contributed by atoms with Gasteiger partial charge in [-0.1, -0.05) is 13.8 Å². The molecule has 2 aromatic heterocycles. The van der Waals surface area contributed by atoms with Gasteiger partial charge in [-0.05, 0) is 55.5 Å². The van der Waals surface area contributed by atoms with Gasteiger partial charge in [-0.15, -0.1) is 11.3 Å². The molecular weight excluding hydrogens is 242 g/mol. The monoisotopic (exact) mass is 263 g/mol. The minimum absolute atomic E-state index is 0.202. The molecule has 0 bridgehead atoms. The summed E-state index contributed by atoms with van der Waals surface area (Å²) in [5.74, 6) is 2.00. The van der Waals surface area contributed by atoms with Gasteiger partial charge in [-0.2, -0.15) is 0 Å². The van der Waals surface area contributed by atoms with Gasteiger partial charge in [0.15, 0.2) is 0 Å². The summed E-state index contributed by atoms with van der Waals surface area (Å²) in [5, 5.41) is 5.76. The minimum Gasteiger partial charge on any atom is -0.464 e. The molecule has 0 spiro atoms. The lowest BCUT2D eigenvalue weighted by Crippen LogP contribution is -2.22. The third kappa shape index (κ3) is 2.85. The Morgan fingerprint density at radius 3 is 2.72 bits per heavy atom. The molecule has 3 heteroatoms. The molecule has 1 atom stereocenters. The second-order valence-electron chi connectivity index (χ2n) is 4.50. The molecule has 2 aromatic rings. The molecule has 0 aliphatic rings. The molecule has 1 unspecified atom stereocenters. The van der Waals surface area contributed by atoms with E-state index in [0.717, 1.165) is 30.9 Å². The van der Waals surface area contributed by atoms with Crippen LogP contribution in [0.15, 0.2) is 28.0 Å². The Kier molecular flexibility index (Phi) is 4.61. The van der Waals surface area contributed by atoms with Gasteiger partial charge in [0.25, 0.3) is 0 Å². The normalized spacial score (nSPS) is 12.8. The van der Waals surface area contributed by atoms with E-state index >= 15 is 0 Å². The van der Waals surface area contributed by atoms with Crippen molar-refractivity contribution in [1.82, 2.24) is 5.32 Å². The molecule has 18 heavy (non-hydrogen) atoms. The Morgan fingerprint density at radius 1 is 1.28 bits per heavy atom. The number of aryl methyl sites for hydroxylation is 2. The van der Waals surface area contributed by atoms with E-state index in [9.17, 15) is 0 Å². The van der Waals surface area contributed by atoms with Gasteiger partial charge in [0.1, 0.15) is 17.6 Å². The topological polar surface area (TPSA) is 25.2 Å². The van der Waals surface area contributed by atoms with Crippen LogP contribution in [0.3, 0.4) is 0 Å². The second kappa shape index (κ2) is 6.21. The lowest BCUT2D eigenvalue weighted by Gasteiger charge is -2.16. The number of hydrogen-bond donors (Lipinski definition) is 1. The fourth-order valence-electron chi connectivity index (χ4n) is 2.11. The molecule has 0 aliphatic carbocycles. The maximum atomic E-state index is 5.81.